The number of amides is 1. The van der Waals surface area contributed by atoms with Gasteiger partial charge in [0.25, 0.3) is 5.91 Å². The molecule has 1 heterocycles. The molecule has 0 unspecified atom stereocenters. The summed E-state index contributed by atoms with van der Waals surface area (Å²) in [7, 11) is 4.96. The van der Waals surface area contributed by atoms with Crippen LogP contribution in [0.3, 0.4) is 0 Å². The molecule has 122 valence electrons. The molecule has 0 fully saturated rings. The second-order valence-electron chi connectivity index (χ2n) is 4.91. The van der Waals surface area contributed by atoms with Gasteiger partial charge >= 0.3 is 0 Å². The number of rotatable bonds is 6. The predicted molar refractivity (Wildman–Crippen MR) is 91.4 cm³/mol. The summed E-state index contributed by atoms with van der Waals surface area (Å²) in [5, 5.41) is 0.733. The summed E-state index contributed by atoms with van der Waals surface area (Å²) in [6.45, 7) is 0.474. The van der Waals surface area contributed by atoms with Crippen molar-refractivity contribution >= 4 is 17.7 Å². The van der Waals surface area contributed by atoms with Crippen molar-refractivity contribution in [2.45, 2.75) is 11.6 Å². The number of methoxy groups -OCH3 is 2. The van der Waals surface area contributed by atoms with Crippen molar-refractivity contribution in [3.05, 3.63) is 47.7 Å². The summed E-state index contributed by atoms with van der Waals surface area (Å²) >= 11 is 1.46. The molecule has 0 aliphatic carbocycles. The van der Waals surface area contributed by atoms with Crippen molar-refractivity contribution in [1.82, 2.24) is 9.88 Å². The molecule has 2 aromatic rings. The Balaban J connectivity index is 2.18. The largest absolute Gasteiger partial charge is 0.493 e. The van der Waals surface area contributed by atoms with E-state index in [0.717, 1.165) is 10.6 Å². The Morgan fingerprint density at radius 2 is 1.96 bits per heavy atom. The number of benzene rings is 1. The monoisotopic (exact) mass is 332 g/mol. The minimum atomic E-state index is -0.0581. The summed E-state index contributed by atoms with van der Waals surface area (Å²) < 4.78 is 10.5. The smallest absolute Gasteiger partial charge is 0.256 e. The number of hydrogen-bond acceptors (Lipinski definition) is 5. The molecule has 5 nitrogen and oxygen atoms in total. The number of aromatic nitrogens is 1. The Hall–Kier alpha value is -2.21. The third-order valence-corrected chi connectivity index (χ3v) is 4.12. The van der Waals surface area contributed by atoms with Crippen LogP contribution in [0.4, 0.5) is 0 Å². The van der Waals surface area contributed by atoms with Crippen molar-refractivity contribution in [1.29, 1.82) is 0 Å². The van der Waals surface area contributed by atoms with E-state index in [1.807, 2.05) is 24.5 Å². The Morgan fingerprint density at radius 1 is 1.22 bits per heavy atom. The van der Waals surface area contributed by atoms with Crippen LogP contribution in [0.5, 0.6) is 11.5 Å². The number of ether oxygens (including phenoxy) is 2. The SMILES string of the molecule is COc1ccc(CN(C)C(=O)c2cccnc2SC)cc1OC. The number of carbonyl (C=O) groups excluding carboxylic acids is 1. The van der Waals surface area contributed by atoms with Crippen molar-refractivity contribution < 1.29 is 14.3 Å². The molecule has 0 spiro atoms. The molecule has 0 saturated heterocycles. The Bertz CT molecular complexity index is 691. The maximum Gasteiger partial charge on any atom is 0.256 e. The predicted octanol–water partition coefficient (Wildman–Crippen LogP) is 3.09. The van der Waals surface area contributed by atoms with Gasteiger partial charge in [-0.25, -0.2) is 4.98 Å². The van der Waals surface area contributed by atoms with Gasteiger partial charge in [0, 0.05) is 19.8 Å². The minimum Gasteiger partial charge on any atom is -0.493 e. The Morgan fingerprint density at radius 3 is 2.61 bits per heavy atom. The zero-order valence-electron chi connectivity index (χ0n) is 13.7. The fourth-order valence-electron chi connectivity index (χ4n) is 2.25. The van der Waals surface area contributed by atoms with Crippen molar-refractivity contribution in [3.8, 4) is 11.5 Å². The average Bonchev–Trinajstić information content (AvgIpc) is 2.60. The van der Waals surface area contributed by atoms with Crippen molar-refractivity contribution in [2.24, 2.45) is 0 Å². The lowest BCUT2D eigenvalue weighted by Crippen LogP contribution is -2.26. The van der Waals surface area contributed by atoms with Gasteiger partial charge in [-0.1, -0.05) is 6.07 Å². The first-order chi connectivity index (χ1) is 11.1. The van der Waals surface area contributed by atoms with Crippen LogP contribution in [0.15, 0.2) is 41.6 Å². The summed E-state index contributed by atoms with van der Waals surface area (Å²) in [5.74, 6) is 1.26. The molecule has 0 aliphatic heterocycles. The highest BCUT2D eigenvalue weighted by molar-refractivity contribution is 7.98. The first-order valence-corrected chi connectivity index (χ1v) is 8.28. The van der Waals surface area contributed by atoms with Gasteiger partial charge in [0.15, 0.2) is 11.5 Å². The standard InChI is InChI=1S/C17H20N2O3S/c1-19(17(20)13-6-5-9-18-16(13)23-4)11-12-7-8-14(21-2)15(10-12)22-3/h5-10H,11H2,1-4H3. The van der Waals surface area contributed by atoms with E-state index in [2.05, 4.69) is 4.98 Å². The zero-order valence-corrected chi connectivity index (χ0v) is 14.5. The highest BCUT2D eigenvalue weighted by Gasteiger charge is 2.17. The lowest BCUT2D eigenvalue weighted by molar-refractivity contribution is 0.0780. The van der Waals surface area contributed by atoms with Crippen LogP contribution >= 0.6 is 11.8 Å². The van der Waals surface area contributed by atoms with Crippen LogP contribution in [0.25, 0.3) is 0 Å². The quantitative estimate of drug-likeness (QED) is 0.761. The van der Waals surface area contributed by atoms with Gasteiger partial charge in [0.2, 0.25) is 0 Å². The highest BCUT2D eigenvalue weighted by atomic mass is 32.2. The second kappa shape index (κ2) is 7.87. The summed E-state index contributed by atoms with van der Waals surface area (Å²) in [6, 6.07) is 9.21. The molecule has 0 atom stereocenters. The molecule has 6 heteroatoms. The molecule has 2 rings (SSSR count). The van der Waals surface area contributed by atoms with Crippen LogP contribution in [-0.2, 0) is 6.54 Å². The fourth-order valence-corrected chi connectivity index (χ4v) is 2.79. The maximum absolute atomic E-state index is 12.6. The molecule has 1 aromatic carbocycles. The molecule has 0 aliphatic rings. The van der Waals surface area contributed by atoms with Gasteiger partial charge in [-0.3, -0.25) is 4.79 Å². The molecular formula is C17H20N2O3S. The van der Waals surface area contributed by atoms with Gasteiger partial charge in [-0.05, 0) is 36.1 Å². The normalized spacial score (nSPS) is 10.3. The van der Waals surface area contributed by atoms with E-state index in [1.165, 1.54) is 11.8 Å². The van der Waals surface area contributed by atoms with Crippen molar-refractivity contribution in [2.75, 3.05) is 27.5 Å². The van der Waals surface area contributed by atoms with Crippen LogP contribution in [-0.4, -0.2) is 43.3 Å². The summed E-state index contributed by atoms with van der Waals surface area (Å²) in [4.78, 5) is 18.5. The number of hydrogen-bond donors (Lipinski definition) is 0. The molecule has 23 heavy (non-hydrogen) atoms. The second-order valence-corrected chi connectivity index (χ2v) is 5.71. The molecule has 0 saturated carbocycles. The minimum absolute atomic E-state index is 0.0581. The van der Waals surface area contributed by atoms with E-state index >= 15 is 0 Å². The highest BCUT2D eigenvalue weighted by Crippen LogP contribution is 2.28. The van der Waals surface area contributed by atoms with Crippen LogP contribution in [0.1, 0.15) is 15.9 Å². The van der Waals surface area contributed by atoms with Gasteiger partial charge in [0.05, 0.1) is 19.8 Å². The number of carbonyl (C=O) groups is 1. The van der Waals surface area contributed by atoms with Crippen LogP contribution < -0.4 is 9.47 Å². The fraction of sp³-hybridized carbons (Fsp3) is 0.294. The van der Waals surface area contributed by atoms with Gasteiger partial charge in [0.1, 0.15) is 5.03 Å². The van der Waals surface area contributed by atoms with Gasteiger partial charge in [-0.2, -0.15) is 0 Å². The third kappa shape index (κ3) is 3.96. The lowest BCUT2D eigenvalue weighted by Gasteiger charge is -2.19. The van der Waals surface area contributed by atoms with E-state index in [-0.39, 0.29) is 5.91 Å². The van der Waals surface area contributed by atoms with E-state index in [1.54, 1.807) is 44.5 Å². The number of thioether (sulfide) groups is 1. The topological polar surface area (TPSA) is 51.7 Å². The first kappa shape index (κ1) is 17.1. The zero-order chi connectivity index (χ0) is 16.8. The third-order valence-electron chi connectivity index (χ3n) is 3.41. The van der Waals surface area contributed by atoms with Crippen molar-refractivity contribution in [3.63, 3.8) is 0 Å². The Labute approximate surface area is 140 Å². The molecule has 0 N–H and O–H groups in total. The molecular weight excluding hydrogens is 312 g/mol. The number of nitrogens with zero attached hydrogens (tertiary/aromatic N) is 2. The van der Waals surface area contributed by atoms with Gasteiger partial charge in [-0.15, -0.1) is 11.8 Å². The van der Waals surface area contributed by atoms with E-state index in [4.69, 9.17) is 9.47 Å². The maximum atomic E-state index is 12.6. The van der Waals surface area contributed by atoms with E-state index < -0.39 is 0 Å². The van der Waals surface area contributed by atoms with E-state index in [0.29, 0.717) is 23.6 Å². The first-order valence-electron chi connectivity index (χ1n) is 7.06. The van der Waals surface area contributed by atoms with Gasteiger partial charge < -0.3 is 14.4 Å². The van der Waals surface area contributed by atoms with Crippen LogP contribution in [0.2, 0.25) is 0 Å². The molecule has 0 radical (unpaired) electrons. The van der Waals surface area contributed by atoms with E-state index in [9.17, 15) is 4.79 Å². The lowest BCUT2D eigenvalue weighted by atomic mass is 10.1. The molecule has 1 aromatic heterocycles. The Kier molecular flexibility index (Phi) is 5.87. The van der Waals surface area contributed by atoms with Crippen LogP contribution in [0, 0.1) is 0 Å². The molecule has 1 amide bonds. The summed E-state index contributed by atoms with van der Waals surface area (Å²) in [6.07, 6.45) is 3.60. The number of pyridine rings is 1. The molecule has 0 bridgehead atoms. The average molecular weight is 332 g/mol. The summed E-state index contributed by atoms with van der Waals surface area (Å²) in [5.41, 5.74) is 1.58.